The molecule has 0 saturated carbocycles. The molecule has 1 atom stereocenters. The molecule has 3 aromatic heterocycles. The summed E-state index contributed by atoms with van der Waals surface area (Å²) in [7, 11) is 1.82. The fourth-order valence-electron chi connectivity index (χ4n) is 3.06. The first-order chi connectivity index (χ1) is 14.1. The van der Waals surface area contributed by atoms with Crippen molar-refractivity contribution in [2.75, 3.05) is 12.8 Å². The second-order valence-corrected chi connectivity index (χ2v) is 8.42. The number of fused-ring (bicyclic) bond motifs is 1. The summed E-state index contributed by atoms with van der Waals surface area (Å²) in [6.07, 6.45) is 3.32. The van der Waals surface area contributed by atoms with Crippen LogP contribution in [0.1, 0.15) is 18.7 Å². The fraction of sp³-hybridized carbons (Fsp3) is 0.182. The fourth-order valence-corrected chi connectivity index (χ4v) is 4.97. The second-order valence-electron chi connectivity index (χ2n) is 6.60. The number of carbonyl (C=O) groups is 1. The maximum Gasteiger partial charge on any atom is 0.233 e. The normalized spacial score (nSPS) is 12.1. The molecule has 5 nitrogen and oxygen atoms in total. The number of benzene rings is 1. The van der Waals surface area contributed by atoms with E-state index in [4.69, 9.17) is 0 Å². The maximum absolute atomic E-state index is 12.8. The molecule has 1 aromatic carbocycles. The zero-order valence-corrected chi connectivity index (χ0v) is 17.8. The third-order valence-electron chi connectivity index (χ3n) is 4.84. The molecular formula is C22H20N4OS2. The molecule has 0 bridgehead atoms. The van der Waals surface area contributed by atoms with E-state index in [0.29, 0.717) is 5.75 Å². The summed E-state index contributed by atoms with van der Waals surface area (Å²) >= 11 is 3.05. The minimum Gasteiger partial charge on any atom is -0.337 e. The molecule has 146 valence electrons. The van der Waals surface area contributed by atoms with Crippen LogP contribution in [0.3, 0.4) is 0 Å². The van der Waals surface area contributed by atoms with Gasteiger partial charge in [0.1, 0.15) is 16.2 Å². The summed E-state index contributed by atoms with van der Waals surface area (Å²) in [4.78, 5) is 28.7. The van der Waals surface area contributed by atoms with Gasteiger partial charge in [0.15, 0.2) is 0 Å². The Hall–Kier alpha value is -2.77. The summed E-state index contributed by atoms with van der Waals surface area (Å²) in [5.41, 5.74) is 3.11. The van der Waals surface area contributed by atoms with Crippen molar-refractivity contribution < 1.29 is 4.79 Å². The van der Waals surface area contributed by atoms with Crippen LogP contribution in [-0.2, 0) is 4.79 Å². The number of thiophene rings is 1. The lowest BCUT2D eigenvalue weighted by Crippen LogP contribution is -2.31. The second kappa shape index (κ2) is 8.71. The number of aromatic nitrogens is 3. The van der Waals surface area contributed by atoms with Crippen molar-refractivity contribution in [3.8, 4) is 11.1 Å². The quantitative estimate of drug-likeness (QED) is 0.322. The van der Waals surface area contributed by atoms with Crippen molar-refractivity contribution >= 4 is 39.2 Å². The lowest BCUT2D eigenvalue weighted by molar-refractivity contribution is -0.129. The Morgan fingerprint density at radius 1 is 1.10 bits per heavy atom. The van der Waals surface area contributed by atoms with Crippen molar-refractivity contribution in [2.45, 2.75) is 18.0 Å². The van der Waals surface area contributed by atoms with Crippen LogP contribution in [-0.4, -0.2) is 38.6 Å². The Labute approximate surface area is 177 Å². The molecule has 0 radical (unpaired) electrons. The zero-order valence-electron chi connectivity index (χ0n) is 16.1. The topological polar surface area (TPSA) is 59.0 Å². The van der Waals surface area contributed by atoms with E-state index in [1.165, 1.54) is 11.8 Å². The van der Waals surface area contributed by atoms with Crippen LogP contribution in [0.5, 0.6) is 0 Å². The van der Waals surface area contributed by atoms with E-state index in [1.807, 2.05) is 50.4 Å². The number of hydrogen-bond acceptors (Lipinski definition) is 6. The Balaban J connectivity index is 1.54. The van der Waals surface area contributed by atoms with Gasteiger partial charge in [0.05, 0.1) is 22.9 Å². The van der Waals surface area contributed by atoms with E-state index in [2.05, 4.69) is 32.5 Å². The van der Waals surface area contributed by atoms with Gasteiger partial charge < -0.3 is 4.90 Å². The van der Waals surface area contributed by atoms with Crippen LogP contribution in [0.4, 0.5) is 0 Å². The minimum absolute atomic E-state index is 0.0383. The average molecular weight is 421 g/mol. The van der Waals surface area contributed by atoms with Gasteiger partial charge in [0.25, 0.3) is 0 Å². The summed E-state index contributed by atoms with van der Waals surface area (Å²) in [6.45, 7) is 1.99. The molecule has 4 aromatic rings. The van der Waals surface area contributed by atoms with E-state index in [1.54, 1.807) is 28.8 Å². The van der Waals surface area contributed by atoms with Crippen LogP contribution in [0.15, 0.2) is 71.5 Å². The van der Waals surface area contributed by atoms with Gasteiger partial charge in [0.2, 0.25) is 5.91 Å². The summed E-state index contributed by atoms with van der Waals surface area (Å²) in [6, 6.07) is 15.9. The van der Waals surface area contributed by atoms with Gasteiger partial charge in [-0.3, -0.25) is 9.78 Å². The monoisotopic (exact) mass is 420 g/mol. The summed E-state index contributed by atoms with van der Waals surface area (Å²) < 4.78 is 0. The molecule has 3 heterocycles. The SMILES string of the molecule is CC(c1ccccn1)N(C)C(=O)CSc1ncnc2scc(-c3ccccc3)c12. The maximum atomic E-state index is 12.8. The van der Waals surface area contributed by atoms with Crippen LogP contribution in [0, 0.1) is 0 Å². The molecule has 0 fully saturated rings. The molecular weight excluding hydrogens is 400 g/mol. The van der Waals surface area contributed by atoms with E-state index in [9.17, 15) is 4.79 Å². The predicted octanol–water partition coefficient (Wildman–Crippen LogP) is 5.07. The third-order valence-corrected chi connectivity index (χ3v) is 6.70. The van der Waals surface area contributed by atoms with Gasteiger partial charge in [-0.05, 0) is 24.6 Å². The van der Waals surface area contributed by atoms with E-state index in [-0.39, 0.29) is 11.9 Å². The van der Waals surface area contributed by atoms with E-state index >= 15 is 0 Å². The van der Waals surface area contributed by atoms with Crippen LogP contribution in [0.2, 0.25) is 0 Å². The third kappa shape index (κ3) is 4.16. The zero-order chi connectivity index (χ0) is 20.2. The van der Waals surface area contributed by atoms with Gasteiger partial charge >= 0.3 is 0 Å². The number of carbonyl (C=O) groups excluding carboxylic acids is 1. The number of rotatable bonds is 6. The molecule has 0 aliphatic carbocycles. The highest BCUT2D eigenvalue weighted by Gasteiger charge is 2.20. The average Bonchev–Trinajstić information content (AvgIpc) is 3.22. The van der Waals surface area contributed by atoms with Crippen molar-refractivity contribution in [2.24, 2.45) is 0 Å². The van der Waals surface area contributed by atoms with Crippen molar-refractivity contribution in [1.82, 2.24) is 19.9 Å². The smallest absolute Gasteiger partial charge is 0.233 e. The van der Waals surface area contributed by atoms with Gasteiger partial charge in [-0.2, -0.15) is 0 Å². The first-order valence-electron chi connectivity index (χ1n) is 9.22. The molecule has 0 aliphatic heterocycles. The van der Waals surface area contributed by atoms with Crippen molar-refractivity contribution in [3.63, 3.8) is 0 Å². The Kier molecular flexibility index (Phi) is 5.87. The number of hydrogen-bond donors (Lipinski definition) is 0. The van der Waals surface area contributed by atoms with Crippen LogP contribution in [0.25, 0.3) is 21.3 Å². The Morgan fingerprint density at radius 2 is 1.90 bits per heavy atom. The van der Waals surface area contributed by atoms with E-state index < -0.39 is 0 Å². The molecule has 0 saturated heterocycles. The van der Waals surface area contributed by atoms with E-state index in [0.717, 1.165) is 32.1 Å². The molecule has 1 amide bonds. The highest BCUT2D eigenvalue weighted by atomic mass is 32.2. The summed E-state index contributed by atoms with van der Waals surface area (Å²) in [5.74, 6) is 0.348. The van der Waals surface area contributed by atoms with Crippen molar-refractivity contribution in [1.29, 1.82) is 0 Å². The number of thioether (sulfide) groups is 1. The summed E-state index contributed by atoms with van der Waals surface area (Å²) in [5, 5.41) is 3.96. The molecule has 4 rings (SSSR count). The van der Waals surface area contributed by atoms with Gasteiger partial charge in [-0.1, -0.05) is 48.2 Å². The van der Waals surface area contributed by atoms with Gasteiger partial charge in [-0.25, -0.2) is 9.97 Å². The highest BCUT2D eigenvalue weighted by molar-refractivity contribution is 8.00. The first kappa shape index (κ1) is 19.5. The lowest BCUT2D eigenvalue weighted by Gasteiger charge is -2.24. The predicted molar refractivity (Wildman–Crippen MR) is 119 cm³/mol. The minimum atomic E-state index is -0.0873. The van der Waals surface area contributed by atoms with Gasteiger partial charge in [-0.15, -0.1) is 11.3 Å². The number of pyridine rings is 1. The lowest BCUT2D eigenvalue weighted by atomic mass is 10.1. The molecule has 7 heteroatoms. The molecule has 0 aliphatic rings. The largest absolute Gasteiger partial charge is 0.337 e. The van der Waals surface area contributed by atoms with Crippen LogP contribution >= 0.6 is 23.1 Å². The van der Waals surface area contributed by atoms with Gasteiger partial charge in [0, 0.05) is 24.2 Å². The van der Waals surface area contributed by atoms with Crippen molar-refractivity contribution in [3.05, 3.63) is 72.1 Å². The Morgan fingerprint density at radius 3 is 2.66 bits per heavy atom. The molecule has 29 heavy (non-hydrogen) atoms. The standard InChI is InChI=1S/C22H20N4OS2/c1-15(18-10-6-7-11-23-18)26(2)19(27)13-29-22-20-17(16-8-4-3-5-9-16)12-28-21(20)24-14-25-22/h3-12,14-15H,13H2,1-2H3. The molecule has 1 unspecified atom stereocenters. The van der Waals surface area contributed by atoms with Crippen LogP contribution < -0.4 is 0 Å². The first-order valence-corrected chi connectivity index (χ1v) is 11.1. The molecule has 0 spiro atoms. The highest BCUT2D eigenvalue weighted by Crippen LogP contribution is 2.37. The number of amides is 1. The molecule has 0 N–H and O–H groups in total. The Bertz CT molecular complexity index is 1120. The number of nitrogens with zero attached hydrogens (tertiary/aromatic N) is 4.